The van der Waals surface area contributed by atoms with Gasteiger partial charge in [-0.15, -0.1) is 0 Å². The van der Waals surface area contributed by atoms with Crippen molar-refractivity contribution >= 4 is 0 Å². The second kappa shape index (κ2) is 12.2. The van der Waals surface area contributed by atoms with Crippen LogP contribution in [0.15, 0.2) is 0 Å². The minimum atomic E-state index is -0.572. The fraction of sp³-hybridized carbons (Fsp3) is 1.00. The molecule has 1 unspecified atom stereocenters. The lowest BCUT2D eigenvalue weighted by Crippen LogP contribution is -2.49. The SMILES string of the molecule is CC(C)OC[C@H](O)COCC(C)OCCN1CCN(C(C)C)CC1. The highest BCUT2D eigenvalue weighted by molar-refractivity contribution is 4.74. The minimum absolute atomic E-state index is 0.0418. The Morgan fingerprint density at radius 3 is 2.12 bits per heavy atom. The van der Waals surface area contributed by atoms with Gasteiger partial charge < -0.3 is 19.3 Å². The van der Waals surface area contributed by atoms with Crippen molar-refractivity contribution in [2.75, 3.05) is 59.2 Å². The highest BCUT2D eigenvalue weighted by atomic mass is 16.5. The van der Waals surface area contributed by atoms with Crippen molar-refractivity contribution in [1.29, 1.82) is 0 Å². The highest BCUT2D eigenvalue weighted by Gasteiger charge is 2.18. The van der Waals surface area contributed by atoms with E-state index >= 15 is 0 Å². The Labute approximate surface area is 148 Å². The molecule has 0 radical (unpaired) electrons. The standard InChI is InChI=1S/C18H38N2O4/c1-15(2)20-8-6-19(7-9-20)10-11-23-17(5)12-22-13-18(21)14-24-16(3)4/h15-18,21H,6-14H2,1-5H3/t17?,18-/m1/s1. The molecule has 0 aromatic carbocycles. The lowest BCUT2D eigenvalue weighted by atomic mass is 10.2. The zero-order chi connectivity index (χ0) is 17.9. The average Bonchev–Trinajstić information content (AvgIpc) is 2.53. The third-order valence-electron chi connectivity index (χ3n) is 4.23. The van der Waals surface area contributed by atoms with Crippen molar-refractivity contribution in [3.05, 3.63) is 0 Å². The monoisotopic (exact) mass is 346 g/mol. The van der Waals surface area contributed by atoms with Gasteiger partial charge in [0.2, 0.25) is 0 Å². The number of ether oxygens (including phenoxy) is 3. The molecule has 144 valence electrons. The quantitative estimate of drug-likeness (QED) is 0.573. The van der Waals surface area contributed by atoms with E-state index in [0.717, 1.165) is 39.3 Å². The zero-order valence-electron chi connectivity index (χ0n) is 16.2. The van der Waals surface area contributed by atoms with Gasteiger partial charge in [0, 0.05) is 38.8 Å². The Morgan fingerprint density at radius 2 is 1.54 bits per heavy atom. The largest absolute Gasteiger partial charge is 0.388 e. The van der Waals surface area contributed by atoms with Crippen LogP contribution < -0.4 is 0 Å². The predicted molar refractivity (Wildman–Crippen MR) is 96.5 cm³/mol. The molecule has 0 aromatic rings. The first-order valence-corrected chi connectivity index (χ1v) is 9.34. The molecule has 1 heterocycles. The predicted octanol–water partition coefficient (Wildman–Crippen LogP) is 1.22. The molecule has 0 saturated carbocycles. The number of hydrogen-bond donors (Lipinski definition) is 1. The molecule has 1 aliphatic rings. The van der Waals surface area contributed by atoms with Crippen LogP contribution in [0.4, 0.5) is 0 Å². The van der Waals surface area contributed by atoms with Gasteiger partial charge in [0.15, 0.2) is 0 Å². The Hall–Kier alpha value is -0.240. The number of nitrogens with zero attached hydrogens (tertiary/aromatic N) is 2. The van der Waals surface area contributed by atoms with Crippen LogP contribution in [0.2, 0.25) is 0 Å². The van der Waals surface area contributed by atoms with Crippen molar-refractivity contribution in [3.8, 4) is 0 Å². The molecule has 1 aliphatic heterocycles. The second-order valence-electron chi connectivity index (χ2n) is 7.23. The summed E-state index contributed by atoms with van der Waals surface area (Å²) in [6.07, 6.45) is -0.402. The van der Waals surface area contributed by atoms with E-state index in [-0.39, 0.29) is 18.8 Å². The van der Waals surface area contributed by atoms with E-state index in [4.69, 9.17) is 14.2 Å². The normalized spacial score (nSPS) is 20.0. The van der Waals surface area contributed by atoms with Gasteiger partial charge in [-0.3, -0.25) is 9.80 Å². The third kappa shape index (κ3) is 9.91. The van der Waals surface area contributed by atoms with Gasteiger partial charge in [0.1, 0.15) is 6.10 Å². The number of rotatable bonds is 12. The van der Waals surface area contributed by atoms with Crippen LogP contribution in [-0.4, -0.2) is 98.4 Å². The first-order chi connectivity index (χ1) is 11.4. The van der Waals surface area contributed by atoms with Crippen molar-refractivity contribution in [2.24, 2.45) is 0 Å². The van der Waals surface area contributed by atoms with Gasteiger partial charge in [-0.1, -0.05) is 0 Å². The summed E-state index contributed by atoms with van der Waals surface area (Å²) < 4.78 is 16.6. The number of piperazine rings is 1. The van der Waals surface area contributed by atoms with Gasteiger partial charge in [-0.25, -0.2) is 0 Å². The molecule has 6 heteroatoms. The Kier molecular flexibility index (Phi) is 11.1. The van der Waals surface area contributed by atoms with E-state index in [1.165, 1.54) is 0 Å². The molecular weight excluding hydrogens is 308 g/mol. The van der Waals surface area contributed by atoms with Crippen LogP contribution in [0.1, 0.15) is 34.6 Å². The summed E-state index contributed by atoms with van der Waals surface area (Å²) >= 11 is 0. The Morgan fingerprint density at radius 1 is 0.875 bits per heavy atom. The molecule has 1 fully saturated rings. The highest BCUT2D eigenvalue weighted by Crippen LogP contribution is 2.05. The maximum atomic E-state index is 9.72. The summed E-state index contributed by atoms with van der Waals surface area (Å²) in [4.78, 5) is 4.97. The van der Waals surface area contributed by atoms with Crippen molar-refractivity contribution in [1.82, 2.24) is 9.80 Å². The summed E-state index contributed by atoms with van der Waals surface area (Å²) in [7, 11) is 0. The average molecular weight is 347 g/mol. The number of hydrogen-bond acceptors (Lipinski definition) is 6. The molecule has 0 amide bonds. The van der Waals surface area contributed by atoms with Gasteiger partial charge in [-0.2, -0.15) is 0 Å². The topological polar surface area (TPSA) is 54.4 Å². The van der Waals surface area contributed by atoms with Crippen LogP contribution in [-0.2, 0) is 14.2 Å². The first kappa shape index (κ1) is 21.8. The maximum Gasteiger partial charge on any atom is 0.101 e. The van der Waals surface area contributed by atoms with Crippen LogP contribution in [0.5, 0.6) is 0 Å². The first-order valence-electron chi connectivity index (χ1n) is 9.34. The lowest BCUT2D eigenvalue weighted by molar-refractivity contribution is -0.0623. The molecule has 1 N–H and O–H groups in total. The van der Waals surface area contributed by atoms with Crippen LogP contribution in [0.3, 0.4) is 0 Å². The third-order valence-corrected chi connectivity index (χ3v) is 4.23. The molecule has 6 nitrogen and oxygen atoms in total. The zero-order valence-corrected chi connectivity index (χ0v) is 16.2. The smallest absolute Gasteiger partial charge is 0.101 e. The van der Waals surface area contributed by atoms with Gasteiger partial charge in [0.25, 0.3) is 0 Å². The van der Waals surface area contributed by atoms with Gasteiger partial charge >= 0.3 is 0 Å². The maximum absolute atomic E-state index is 9.72. The number of aliphatic hydroxyl groups is 1. The Bertz CT molecular complexity index is 307. The van der Waals surface area contributed by atoms with E-state index in [1.807, 2.05) is 20.8 Å². The van der Waals surface area contributed by atoms with E-state index in [2.05, 4.69) is 23.6 Å². The van der Waals surface area contributed by atoms with E-state index < -0.39 is 6.10 Å². The fourth-order valence-electron chi connectivity index (χ4n) is 2.66. The van der Waals surface area contributed by atoms with Gasteiger partial charge in [-0.05, 0) is 34.6 Å². The molecule has 0 aliphatic carbocycles. The molecule has 0 bridgehead atoms. The molecule has 24 heavy (non-hydrogen) atoms. The van der Waals surface area contributed by atoms with Crippen molar-refractivity contribution in [2.45, 2.75) is 59.0 Å². The fourth-order valence-corrected chi connectivity index (χ4v) is 2.66. The van der Waals surface area contributed by atoms with Crippen molar-refractivity contribution in [3.63, 3.8) is 0 Å². The van der Waals surface area contributed by atoms with E-state index in [0.29, 0.717) is 19.3 Å². The van der Waals surface area contributed by atoms with Crippen LogP contribution in [0, 0.1) is 0 Å². The van der Waals surface area contributed by atoms with Crippen molar-refractivity contribution < 1.29 is 19.3 Å². The number of aliphatic hydroxyl groups excluding tert-OH is 1. The second-order valence-corrected chi connectivity index (χ2v) is 7.23. The molecular formula is C18H38N2O4. The summed E-state index contributed by atoms with van der Waals surface area (Å²) in [6.45, 7) is 17.8. The summed E-state index contributed by atoms with van der Waals surface area (Å²) in [5.74, 6) is 0. The van der Waals surface area contributed by atoms with E-state index in [1.54, 1.807) is 0 Å². The molecule has 1 saturated heterocycles. The molecule has 1 rings (SSSR count). The van der Waals surface area contributed by atoms with Gasteiger partial charge in [0.05, 0.1) is 38.6 Å². The minimum Gasteiger partial charge on any atom is -0.388 e. The van der Waals surface area contributed by atoms with Crippen LogP contribution >= 0.6 is 0 Å². The van der Waals surface area contributed by atoms with E-state index in [9.17, 15) is 5.11 Å². The summed E-state index contributed by atoms with van der Waals surface area (Å²) in [6, 6.07) is 0.641. The summed E-state index contributed by atoms with van der Waals surface area (Å²) in [5, 5.41) is 9.72. The molecule has 0 aromatic heterocycles. The lowest BCUT2D eigenvalue weighted by Gasteiger charge is -2.36. The van der Waals surface area contributed by atoms with Crippen LogP contribution in [0.25, 0.3) is 0 Å². The summed E-state index contributed by atoms with van der Waals surface area (Å²) in [5.41, 5.74) is 0. The molecule has 0 spiro atoms. The Balaban J connectivity index is 1.99. The molecule has 2 atom stereocenters.